The van der Waals surface area contributed by atoms with Crippen LogP contribution in [0.25, 0.3) is 0 Å². The highest BCUT2D eigenvalue weighted by Gasteiger charge is 2.34. The predicted molar refractivity (Wildman–Crippen MR) is 129 cm³/mol. The van der Waals surface area contributed by atoms with Gasteiger partial charge in [0.05, 0.1) is 12.8 Å². The van der Waals surface area contributed by atoms with Crippen LogP contribution in [0.15, 0.2) is 33.7 Å². The summed E-state index contributed by atoms with van der Waals surface area (Å²) in [6.45, 7) is 9.41. The zero-order valence-corrected chi connectivity index (χ0v) is 20.6. The molecular formula is C22H33IN4O3. The second kappa shape index (κ2) is 11.5. The van der Waals surface area contributed by atoms with Crippen molar-refractivity contribution in [2.45, 2.75) is 45.6 Å². The summed E-state index contributed by atoms with van der Waals surface area (Å²) in [5, 5.41) is 6.85. The molecule has 1 aromatic carbocycles. The van der Waals surface area contributed by atoms with E-state index in [0.717, 1.165) is 62.3 Å². The van der Waals surface area contributed by atoms with Crippen molar-refractivity contribution >= 4 is 29.9 Å². The Morgan fingerprint density at radius 3 is 2.43 bits per heavy atom. The van der Waals surface area contributed by atoms with Crippen LogP contribution in [0.4, 0.5) is 0 Å². The summed E-state index contributed by atoms with van der Waals surface area (Å²) >= 11 is 0. The molecule has 0 amide bonds. The number of aryl methyl sites for hydroxylation is 2. The maximum atomic E-state index is 5.65. The monoisotopic (exact) mass is 528 g/mol. The number of ether oxygens (including phenoxy) is 2. The number of guanidine groups is 1. The van der Waals surface area contributed by atoms with E-state index < -0.39 is 0 Å². The van der Waals surface area contributed by atoms with Gasteiger partial charge in [-0.3, -0.25) is 0 Å². The summed E-state index contributed by atoms with van der Waals surface area (Å²) in [5.74, 6) is 3.11. The molecular weight excluding hydrogens is 495 g/mol. The highest BCUT2D eigenvalue weighted by molar-refractivity contribution is 14.0. The van der Waals surface area contributed by atoms with Crippen LogP contribution in [0.3, 0.4) is 0 Å². The van der Waals surface area contributed by atoms with Crippen molar-refractivity contribution in [1.82, 2.24) is 15.6 Å². The van der Waals surface area contributed by atoms with Gasteiger partial charge in [-0.15, -0.1) is 24.0 Å². The number of hydrogen-bond donors (Lipinski definition) is 2. The molecule has 0 unspecified atom stereocenters. The molecule has 0 bridgehead atoms. The normalized spacial score (nSPS) is 15.9. The molecule has 30 heavy (non-hydrogen) atoms. The molecule has 1 aromatic heterocycles. The van der Waals surface area contributed by atoms with E-state index in [1.54, 1.807) is 7.11 Å². The van der Waals surface area contributed by atoms with Gasteiger partial charge >= 0.3 is 0 Å². The molecule has 8 heteroatoms. The van der Waals surface area contributed by atoms with Crippen molar-refractivity contribution in [2.24, 2.45) is 4.99 Å². The molecule has 2 aromatic rings. The molecule has 0 radical (unpaired) electrons. The first-order chi connectivity index (χ1) is 14.1. The number of rotatable bonds is 7. The Morgan fingerprint density at radius 1 is 1.17 bits per heavy atom. The minimum atomic E-state index is -0.00315. The van der Waals surface area contributed by atoms with Gasteiger partial charge in [-0.1, -0.05) is 12.1 Å². The fourth-order valence-corrected chi connectivity index (χ4v) is 3.62. The van der Waals surface area contributed by atoms with Gasteiger partial charge in [-0.25, -0.2) is 9.98 Å². The van der Waals surface area contributed by atoms with Gasteiger partial charge in [0.15, 0.2) is 5.96 Å². The second-order valence-electron chi connectivity index (χ2n) is 7.42. The lowest BCUT2D eigenvalue weighted by Crippen LogP contribution is -2.48. The van der Waals surface area contributed by atoms with Crippen molar-refractivity contribution < 1.29 is 13.9 Å². The van der Waals surface area contributed by atoms with Crippen LogP contribution < -0.4 is 15.4 Å². The zero-order valence-electron chi connectivity index (χ0n) is 18.3. The number of aliphatic imine (C=N–C) groups is 1. The summed E-state index contributed by atoms with van der Waals surface area (Å²) in [4.78, 5) is 9.07. The van der Waals surface area contributed by atoms with Gasteiger partial charge < -0.3 is 24.5 Å². The standard InChI is InChI=1S/C22H32N4O3.HI/c1-5-23-21(24-14-20-26-16(2)17(3)29-20)25-15-22(10-12-28-13-11-22)18-6-8-19(27-4)9-7-18;/h6-9H,5,10-15H2,1-4H3,(H2,23,24,25);1H. The Balaban J connectivity index is 0.00000320. The lowest BCUT2D eigenvalue weighted by atomic mass is 9.74. The number of nitrogens with one attached hydrogen (secondary N) is 2. The number of aromatic nitrogens is 1. The van der Waals surface area contributed by atoms with E-state index in [4.69, 9.17) is 13.9 Å². The Morgan fingerprint density at radius 2 is 1.87 bits per heavy atom. The SMILES string of the molecule is CCNC(=NCc1nc(C)c(C)o1)NCC1(c2ccc(OC)cc2)CCOCC1.I. The molecule has 7 nitrogen and oxygen atoms in total. The van der Waals surface area contributed by atoms with E-state index >= 15 is 0 Å². The number of oxazole rings is 1. The van der Waals surface area contributed by atoms with Crippen LogP contribution >= 0.6 is 24.0 Å². The van der Waals surface area contributed by atoms with Crippen molar-refractivity contribution in [3.63, 3.8) is 0 Å². The maximum absolute atomic E-state index is 5.65. The third kappa shape index (κ3) is 6.10. The first-order valence-corrected chi connectivity index (χ1v) is 10.2. The first-order valence-electron chi connectivity index (χ1n) is 10.2. The molecule has 0 spiro atoms. The second-order valence-corrected chi connectivity index (χ2v) is 7.42. The number of nitrogens with zero attached hydrogens (tertiary/aromatic N) is 2. The molecule has 1 aliphatic heterocycles. The average molecular weight is 528 g/mol. The fraction of sp³-hybridized carbons (Fsp3) is 0.545. The lowest BCUT2D eigenvalue weighted by Gasteiger charge is -2.38. The van der Waals surface area contributed by atoms with Gasteiger partial charge in [-0.2, -0.15) is 0 Å². The number of benzene rings is 1. The summed E-state index contributed by atoms with van der Waals surface area (Å²) in [5.41, 5.74) is 2.20. The smallest absolute Gasteiger partial charge is 0.216 e. The minimum absolute atomic E-state index is 0. The summed E-state index contributed by atoms with van der Waals surface area (Å²) in [6, 6.07) is 8.38. The Hall–Kier alpha value is -1.81. The average Bonchev–Trinajstić information content (AvgIpc) is 3.08. The van der Waals surface area contributed by atoms with E-state index in [1.165, 1.54) is 5.56 Å². The molecule has 2 heterocycles. The Bertz CT molecular complexity index is 795. The molecule has 0 aliphatic carbocycles. The Kier molecular flexibility index (Phi) is 9.41. The molecule has 1 saturated heterocycles. The third-order valence-corrected chi connectivity index (χ3v) is 5.54. The van der Waals surface area contributed by atoms with Crippen LogP contribution in [-0.4, -0.2) is 44.4 Å². The van der Waals surface area contributed by atoms with E-state index in [-0.39, 0.29) is 29.4 Å². The number of halogens is 1. The van der Waals surface area contributed by atoms with E-state index in [9.17, 15) is 0 Å². The predicted octanol–water partition coefficient (Wildman–Crippen LogP) is 3.72. The van der Waals surface area contributed by atoms with Gasteiger partial charge in [0.1, 0.15) is 18.1 Å². The van der Waals surface area contributed by atoms with Gasteiger partial charge in [0.2, 0.25) is 5.89 Å². The van der Waals surface area contributed by atoms with Crippen LogP contribution in [0, 0.1) is 13.8 Å². The number of methoxy groups -OCH3 is 1. The van der Waals surface area contributed by atoms with Crippen LogP contribution in [0.1, 0.15) is 42.7 Å². The highest BCUT2D eigenvalue weighted by atomic mass is 127. The van der Waals surface area contributed by atoms with Crippen molar-refractivity contribution in [3.8, 4) is 5.75 Å². The van der Waals surface area contributed by atoms with Gasteiger partial charge in [0.25, 0.3) is 0 Å². The number of hydrogen-bond acceptors (Lipinski definition) is 5. The zero-order chi connectivity index (χ0) is 20.7. The molecule has 1 aliphatic rings. The van der Waals surface area contributed by atoms with Crippen molar-refractivity contribution in [3.05, 3.63) is 47.2 Å². The van der Waals surface area contributed by atoms with Gasteiger partial charge in [-0.05, 0) is 51.3 Å². The van der Waals surface area contributed by atoms with E-state index in [1.807, 2.05) is 26.0 Å². The minimum Gasteiger partial charge on any atom is -0.497 e. The van der Waals surface area contributed by atoms with Crippen LogP contribution in [-0.2, 0) is 16.7 Å². The molecule has 166 valence electrons. The summed E-state index contributed by atoms with van der Waals surface area (Å²) < 4.78 is 16.6. The molecule has 2 N–H and O–H groups in total. The van der Waals surface area contributed by atoms with Crippen LogP contribution in [0.5, 0.6) is 5.75 Å². The molecule has 0 atom stereocenters. The first kappa shape index (κ1) is 24.5. The largest absolute Gasteiger partial charge is 0.497 e. The van der Waals surface area contributed by atoms with Crippen molar-refractivity contribution in [2.75, 3.05) is 33.4 Å². The maximum Gasteiger partial charge on any atom is 0.216 e. The summed E-state index contributed by atoms with van der Waals surface area (Å²) in [7, 11) is 1.69. The van der Waals surface area contributed by atoms with E-state index in [0.29, 0.717) is 12.4 Å². The fourth-order valence-electron chi connectivity index (χ4n) is 3.62. The van der Waals surface area contributed by atoms with Crippen LogP contribution in [0.2, 0.25) is 0 Å². The lowest BCUT2D eigenvalue weighted by molar-refractivity contribution is 0.0513. The quantitative estimate of drug-likeness (QED) is 0.324. The molecule has 3 rings (SSSR count). The van der Waals surface area contributed by atoms with Gasteiger partial charge in [0, 0.05) is 31.7 Å². The molecule has 0 saturated carbocycles. The summed E-state index contributed by atoms with van der Waals surface area (Å²) in [6.07, 6.45) is 1.92. The Labute approximate surface area is 196 Å². The molecule has 1 fully saturated rings. The topological polar surface area (TPSA) is 80.9 Å². The highest BCUT2D eigenvalue weighted by Crippen LogP contribution is 2.35. The third-order valence-electron chi connectivity index (χ3n) is 5.54. The van der Waals surface area contributed by atoms with E-state index in [2.05, 4.69) is 39.7 Å². The van der Waals surface area contributed by atoms with Crippen molar-refractivity contribution in [1.29, 1.82) is 0 Å².